The van der Waals surface area contributed by atoms with Crippen LogP contribution in [0.1, 0.15) is 11.3 Å². The van der Waals surface area contributed by atoms with Gasteiger partial charge in [-0.25, -0.2) is 24.7 Å². The van der Waals surface area contributed by atoms with Crippen LogP contribution in [0.3, 0.4) is 0 Å². The van der Waals surface area contributed by atoms with Crippen molar-refractivity contribution in [3.8, 4) is 11.4 Å². The number of hydrogen-bond donors (Lipinski definition) is 2. The van der Waals surface area contributed by atoms with E-state index in [0.717, 1.165) is 30.2 Å². The number of carboxylic acid groups (broad SMARTS) is 1. The summed E-state index contributed by atoms with van der Waals surface area (Å²) < 4.78 is 5.44. The van der Waals surface area contributed by atoms with Gasteiger partial charge >= 0.3 is 6.09 Å². The number of anilines is 2. The van der Waals surface area contributed by atoms with E-state index < -0.39 is 6.09 Å². The van der Waals surface area contributed by atoms with Gasteiger partial charge in [-0.3, -0.25) is 0 Å². The van der Waals surface area contributed by atoms with Crippen molar-refractivity contribution in [1.29, 1.82) is 0 Å². The standard InChI is InChI=1S/C16H19N7O3/c17-15-18-7-10(8-19-15)13-20-12-9-23(16(24)25)2-1-11(12)14(21-13)22-3-5-26-6-4-22/h7-8H,1-6,9H2,(H,24,25)(H2,17,18,19). The Bertz CT molecular complexity index is 821. The third-order valence-electron chi connectivity index (χ3n) is 4.55. The zero-order valence-electron chi connectivity index (χ0n) is 14.1. The first-order valence-corrected chi connectivity index (χ1v) is 8.40. The zero-order chi connectivity index (χ0) is 18.1. The molecule has 0 aliphatic carbocycles. The molecule has 2 aromatic rings. The monoisotopic (exact) mass is 357 g/mol. The second-order valence-electron chi connectivity index (χ2n) is 6.18. The quantitative estimate of drug-likeness (QED) is 0.783. The minimum atomic E-state index is -0.945. The maximum absolute atomic E-state index is 11.4. The topological polar surface area (TPSA) is 131 Å². The Labute approximate surface area is 149 Å². The van der Waals surface area contributed by atoms with Gasteiger partial charge in [0.2, 0.25) is 5.95 Å². The summed E-state index contributed by atoms with van der Waals surface area (Å²) in [5.74, 6) is 1.49. The van der Waals surface area contributed by atoms with Gasteiger partial charge in [0.05, 0.1) is 31.0 Å². The number of nitrogen functional groups attached to an aromatic ring is 1. The molecule has 10 nitrogen and oxygen atoms in total. The van der Waals surface area contributed by atoms with Gasteiger partial charge in [-0.2, -0.15) is 0 Å². The first-order chi connectivity index (χ1) is 12.6. The maximum Gasteiger partial charge on any atom is 0.407 e. The summed E-state index contributed by atoms with van der Waals surface area (Å²) in [7, 11) is 0. The molecule has 2 aromatic heterocycles. The van der Waals surface area contributed by atoms with Crippen LogP contribution in [0, 0.1) is 0 Å². The van der Waals surface area contributed by atoms with Gasteiger partial charge in [0.15, 0.2) is 5.82 Å². The van der Waals surface area contributed by atoms with Crippen LogP contribution in [0.2, 0.25) is 0 Å². The minimum Gasteiger partial charge on any atom is -0.465 e. The molecule has 0 spiro atoms. The third kappa shape index (κ3) is 3.10. The molecule has 4 rings (SSSR count). The summed E-state index contributed by atoms with van der Waals surface area (Å²) in [4.78, 5) is 32.3. The highest BCUT2D eigenvalue weighted by Gasteiger charge is 2.28. The van der Waals surface area contributed by atoms with Crippen LogP contribution in [-0.4, -0.2) is 68.9 Å². The number of hydrogen-bond acceptors (Lipinski definition) is 8. The van der Waals surface area contributed by atoms with Crippen LogP contribution in [0.15, 0.2) is 12.4 Å². The highest BCUT2D eigenvalue weighted by Crippen LogP contribution is 2.29. The van der Waals surface area contributed by atoms with Crippen molar-refractivity contribution < 1.29 is 14.6 Å². The molecule has 3 N–H and O–H groups in total. The number of aromatic nitrogens is 4. The largest absolute Gasteiger partial charge is 0.465 e. The number of morpholine rings is 1. The third-order valence-corrected chi connectivity index (χ3v) is 4.55. The van der Waals surface area contributed by atoms with E-state index in [0.29, 0.717) is 37.6 Å². The van der Waals surface area contributed by atoms with E-state index in [1.165, 1.54) is 4.90 Å². The van der Waals surface area contributed by atoms with Gasteiger partial charge < -0.3 is 25.4 Å². The fraction of sp³-hybridized carbons (Fsp3) is 0.438. The summed E-state index contributed by atoms with van der Waals surface area (Å²) >= 11 is 0. The predicted octanol–water partition coefficient (Wildman–Crippen LogP) is 0.389. The van der Waals surface area contributed by atoms with Crippen molar-refractivity contribution >= 4 is 17.9 Å². The first kappa shape index (κ1) is 16.5. The number of ether oxygens (including phenoxy) is 1. The second kappa shape index (κ2) is 6.71. The summed E-state index contributed by atoms with van der Waals surface area (Å²) in [5.41, 5.74) is 7.93. The molecule has 136 valence electrons. The number of nitrogens with zero attached hydrogens (tertiary/aromatic N) is 6. The highest BCUT2D eigenvalue weighted by atomic mass is 16.5. The molecule has 10 heteroatoms. The molecule has 0 saturated carbocycles. The van der Waals surface area contributed by atoms with E-state index in [1.54, 1.807) is 12.4 Å². The first-order valence-electron chi connectivity index (χ1n) is 8.40. The van der Waals surface area contributed by atoms with Crippen LogP contribution >= 0.6 is 0 Å². The average Bonchev–Trinajstić information content (AvgIpc) is 2.68. The van der Waals surface area contributed by atoms with Crippen LogP contribution in [0.4, 0.5) is 16.6 Å². The Hall–Kier alpha value is -3.01. The van der Waals surface area contributed by atoms with Gasteiger partial charge in [-0.1, -0.05) is 0 Å². The van der Waals surface area contributed by atoms with Crippen LogP contribution in [0.25, 0.3) is 11.4 Å². The average molecular weight is 357 g/mol. The fourth-order valence-electron chi connectivity index (χ4n) is 3.19. The van der Waals surface area contributed by atoms with E-state index in [2.05, 4.69) is 19.9 Å². The molecule has 4 heterocycles. The Morgan fingerprint density at radius 1 is 1.15 bits per heavy atom. The molecule has 0 unspecified atom stereocenters. The van der Waals surface area contributed by atoms with Gasteiger partial charge in [-0.05, 0) is 6.42 Å². The summed E-state index contributed by atoms with van der Waals surface area (Å²) in [6.07, 6.45) is 2.79. The Morgan fingerprint density at radius 2 is 1.88 bits per heavy atom. The highest BCUT2D eigenvalue weighted by molar-refractivity contribution is 5.67. The van der Waals surface area contributed by atoms with Crippen LogP contribution in [-0.2, 0) is 17.7 Å². The van der Waals surface area contributed by atoms with Gasteiger partial charge in [0.1, 0.15) is 5.82 Å². The second-order valence-corrected chi connectivity index (χ2v) is 6.18. The molecular weight excluding hydrogens is 338 g/mol. The van der Waals surface area contributed by atoms with Crippen molar-refractivity contribution in [2.24, 2.45) is 0 Å². The van der Waals surface area contributed by atoms with E-state index >= 15 is 0 Å². The van der Waals surface area contributed by atoms with E-state index in [4.69, 9.17) is 15.5 Å². The molecule has 1 fully saturated rings. The predicted molar refractivity (Wildman–Crippen MR) is 92.6 cm³/mol. The molecule has 0 radical (unpaired) electrons. The SMILES string of the molecule is Nc1ncc(-c2nc3c(c(N4CCOCC4)n2)CCN(C(=O)O)C3)cn1. The Morgan fingerprint density at radius 3 is 2.58 bits per heavy atom. The lowest BCUT2D eigenvalue weighted by Gasteiger charge is -2.33. The lowest BCUT2D eigenvalue weighted by atomic mass is 10.0. The lowest BCUT2D eigenvalue weighted by Crippen LogP contribution is -2.40. The molecule has 26 heavy (non-hydrogen) atoms. The van der Waals surface area contributed by atoms with Gasteiger partial charge in [0.25, 0.3) is 0 Å². The number of nitrogens with two attached hydrogens (primary N) is 1. The number of carbonyl (C=O) groups is 1. The smallest absolute Gasteiger partial charge is 0.407 e. The Kier molecular flexibility index (Phi) is 4.25. The Balaban J connectivity index is 1.79. The molecule has 0 atom stereocenters. The summed E-state index contributed by atoms with van der Waals surface area (Å²) in [6.45, 7) is 3.44. The molecule has 2 aliphatic rings. The zero-order valence-corrected chi connectivity index (χ0v) is 14.1. The number of amides is 1. The molecule has 0 aromatic carbocycles. The van der Waals surface area contributed by atoms with Crippen molar-refractivity contribution in [3.63, 3.8) is 0 Å². The molecule has 1 amide bonds. The number of fused-ring (bicyclic) bond motifs is 1. The minimum absolute atomic E-state index is 0.178. The van der Waals surface area contributed by atoms with E-state index in [9.17, 15) is 9.90 Å². The van der Waals surface area contributed by atoms with Crippen molar-refractivity contribution in [2.75, 3.05) is 43.5 Å². The summed E-state index contributed by atoms with van der Waals surface area (Å²) in [6, 6.07) is 0. The van der Waals surface area contributed by atoms with Crippen LogP contribution in [0.5, 0.6) is 0 Å². The summed E-state index contributed by atoms with van der Waals surface area (Å²) in [5, 5.41) is 9.32. The number of rotatable bonds is 2. The van der Waals surface area contributed by atoms with Crippen molar-refractivity contribution in [1.82, 2.24) is 24.8 Å². The maximum atomic E-state index is 11.4. The van der Waals surface area contributed by atoms with Gasteiger partial charge in [-0.15, -0.1) is 0 Å². The van der Waals surface area contributed by atoms with Crippen LogP contribution < -0.4 is 10.6 Å². The van der Waals surface area contributed by atoms with E-state index in [-0.39, 0.29) is 12.5 Å². The van der Waals surface area contributed by atoms with Crippen molar-refractivity contribution in [2.45, 2.75) is 13.0 Å². The molecular formula is C16H19N7O3. The fourth-order valence-corrected chi connectivity index (χ4v) is 3.19. The lowest BCUT2D eigenvalue weighted by molar-refractivity contribution is 0.122. The molecule has 1 saturated heterocycles. The normalized spacial score (nSPS) is 17.1. The van der Waals surface area contributed by atoms with Gasteiger partial charge in [0, 0.05) is 37.6 Å². The van der Waals surface area contributed by atoms with E-state index in [1.807, 2.05) is 0 Å². The molecule has 0 bridgehead atoms. The molecule has 2 aliphatic heterocycles. The van der Waals surface area contributed by atoms with Crippen molar-refractivity contribution in [3.05, 3.63) is 23.7 Å².